The van der Waals surface area contributed by atoms with E-state index in [0.29, 0.717) is 5.56 Å². The van der Waals surface area contributed by atoms with Crippen molar-refractivity contribution in [2.75, 3.05) is 6.54 Å². The molecule has 0 amide bonds. The van der Waals surface area contributed by atoms with Gasteiger partial charge in [-0.05, 0) is 19.9 Å². The van der Waals surface area contributed by atoms with Gasteiger partial charge in [0.2, 0.25) is 0 Å². The molecule has 88 valence electrons. The number of ether oxygens (including phenoxy) is 1. The van der Waals surface area contributed by atoms with Crippen molar-refractivity contribution in [3.8, 4) is 0 Å². The lowest BCUT2D eigenvalue weighted by atomic mass is 9.94. The Morgan fingerprint density at radius 2 is 2.06 bits per heavy atom. The third kappa shape index (κ3) is 3.03. The highest BCUT2D eigenvalue weighted by molar-refractivity contribution is 5.76. The molecule has 0 spiro atoms. The summed E-state index contributed by atoms with van der Waals surface area (Å²) in [4.78, 5) is 11.6. The van der Waals surface area contributed by atoms with Crippen LogP contribution in [0.2, 0.25) is 0 Å². The van der Waals surface area contributed by atoms with Crippen LogP contribution in [0.15, 0.2) is 24.3 Å². The van der Waals surface area contributed by atoms with Gasteiger partial charge in [0.25, 0.3) is 0 Å². The average Bonchev–Trinajstić information content (AvgIpc) is 2.27. The SMILES string of the molecule is CC(C)(CN)C(=O)OCc1ccccc1F. The summed E-state index contributed by atoms with van der Waals surface area (Å²) in [6.45, 7) is 3.52. The summed E-state index contributed by atoms with van der Waals surface area (Å²) in [6.07, 6.45) is 0. The first-order chi connectivity index (χ1) is 7.47. The van der Waals surface area contributed by atoms with Crippen molar-refractivity contribution in [1.29, 1.82) is 0 Å². The zero-order valence-electron chi connectivity index (χ0n) is 9.50. The number of esters is 1. The Labute approximate surface area is 94.4 Å². The van der Waals surface area contributed by atoms with Gasteiger partial charge in [-0.15, -0.1) is 0 Å². The van der Waals surface area contributed by atoms with Crippen molar-refractivity contribution < 1.29 is 13.9 Å². The average molecular weight is 225 g/mol. The van der Waals surface area contributed by atoms with Crippen LogP contribution in [0.25, 0.3) is 0 Å². The number of nitrogens with two attached hydrogens (primary N) is 1. The van der Waals surface area contributed by atoms with E-state index in [1.54, 1.807) is 32.0 Å². The van der Waals surface area contributed by atoms with Crippen molar-refractivity contribution in [3.05, 3.63) is 35.6 Å². The maximum absolute atomic E-state index is 13.2. The van der Waals surface area contributed by atoms with Crippen LogP contribution in [-0.4, -0.2) is 12.5 Å². The number of carbonyl (C=O) groups excluding carboxylic acids is 1. The normalized spacial score (nSPS) is 11.2. The number of benzene rings is 1. The number of hydrogen-bond acceptors (Lipinski definition) is 3. The molecule has 0 aromatic heterocycles. The van der Waals surface area contributed by atoms with E-state index in [-0.39, 0.29) is 19.0 Å². The van der Waals surface area contributed by atoms with Crippen molar-refractivity contribution in [3.63, 3.8) is 0 Å². The fraction of sp³-hybridized carbons (Fsp3) is 0.417. The molecule has 0 aliphatic heterocycles. The molecule has 0 bridgehead atoms. The van der Waals surface area contributed by atoms with Crippen LogP contribution in [-0.2, 0) is 16.1 Å². The Balaban J connectivity index is 2.59. The minimum atomic E-state index is -0.731. The molecular weight excluding hydrogens is 209 g/mol. The van der Waals surface area contributed by atoms with Crippen LogP contribution >= 0.6 is 0 Å². The fourth-order valence-electron chi connectivity index (χ4n) is 1.04. The van der Waals surface area contributed by atoms with Crippen LogP contribution in [0.4, 0.5) is 4.39 Å². The van der Waals surface area contributed by atoms with E-state index in [4.69, 9.17) is 10.5 Å². The molecule has 1 aromatic rings. The summed E-state index contributed by atoms with van der Waals surface area (Å²) >= 11 is 0. The highest BCUT2D eigenvalue weighted by Crippen LogP contribution is 2.16. The molecule has 4 heteroatoms. The quantitative estimate of drug-likeness (QED) is 0.796. The van der Waals surface area contributed by atoms with Gasteiger partial charge in [-0.25, -0.2) is 4.39 Å². The highest BCUT2D eigenvalue weighted by atomic mass is 19.1. The smallest absolute Gasteiger partial charge is 0.313 e. The van der Waals surface area contributed by atoms with E-state index in [9.17, 15) is 9.18 Å². The summed E-state index contributed by atoms with van der Waals surface area (Å²) in [5.74, 6) is -0.792. The van der Waals surface area contributed by atoms with Crippen LogP contribution in [0.3, 0.4) is 0 Å². The summed E-state index contributed by atoms with van der Waals surface area (Å²) in [5.41, 5.74) is 5.06. The summed E-state index contributed by atoms with van der Waals surface area (Å²) in [7, 11) is 0. The van der Waals surface area contributed by atoms with Gasteiger partial charge in [-0.2, -0.15) is 0 Å². The number of hydrogen-bond donors (Lipinski definition) is 1. The molecule has 1 rings (SSSR count). The molecule has 0 atom stereocenters. The topological polar surface area (TPSA) is 52.3 Å². The fourth-order valence-corrected chi connectivity index (χ4v) is 1.04. The molecule has 0 aliphatic carbocycles. The Hall–Kier alpha value is -1.42. The minimum Gasteiger partial charge on any atom is -0.460 e. The number of carbonyl (C=O) groups is 1. The maximum atomic E-state index is 13.2. The molecule has 0 radical (unpaired) electrons. The predicted octanol–water partition coefficient (Wildman–Crippen LogP) is 1.85. The molecule has 2 N–H and O–H groups in total. The van der Waals surface area contributed by atoms with Crippen molar-refractivity contribution in [2.24, 2.45) is 11.1 Å². The van der Waals surface area contributed by atoms with E-state index in [0.717, 1.165) is 0 Å². The van der Waals surface area contributed by atoms with Gasteiger partial charge in [-0.3, -0.25) is 4.79 Å². The van der Waals surface area contributed by atoms with Gasteiger partial charge < -0.3 is 10.5 Å². The number of rotatable bonds is 4. The first kappa shape index (κ1) is 12.6. The van der Waals surface area contributed by atoms with E-state index in [2.05, 4.69) is 0 Å². The second-order valence-corrected chi connectivity index (χ2v) is 4.26. The van der Waals surface area contributed by atoms with E-state index >= 15 is 0 Å². The standard InChI is InChI=1S/C12H16FNO2/c1-12(2,8-14)11(15)16-7-9-5-3-4-6-10(9)13/h3-6H,7-8,14H2,1-2H3. The summed E-state index contributed by atoms with van der Waals surface area (Å²) in [6, 6.07) is 6.19. The van der Waals surface area contributed by atoms with Crippen LogP contribution in [0.1, 0.15) is 19.4 Å². The molecule has 0 unspecified atom stereocenters. The van der Waals surface area contributed by atoms with Gasteiger partial charge in [-0.1, -0.05) is 18.2 Å². The molecule has 0 heterocycles. The maximum Gasteiger partial charge on any atom is 0.313 e. The van der Waals surface area contributed by atoms with Gasteiger partial charge in [0, 0.05) is 12.1 Å². The van der Waals surface area contributed by atoms with E-state index in [1.165, 1.54) is 6.07 Å². The second kappa shape index (κ2) is 5.07. The molecule has 0 saturated carbocycles. The minimum absolute atomic E-state index is 0.0606. The highest BCUT2D eigenvalue weighted by Gasteiger charge is 2.27. The van der Waals surface area contributed by atoms with Crippen molar-refractivity contribution in [1.82, 2.24) is 0 Å². The zero-order valence-corrected chi connectivity index (χ0v) is 9.50. The Morgan fingerprint density at radius 3 is 2.62 bits per heavy atom. The summed E-state index contributed by atoms with van der Waals surface area (Å²) in [5, 5.41) is 0. The Bertz CT molecular complexity index is 377. The van der Waals surface area contributed by atoms with Crippen LogP contribution in [0, 0.1) is 11.2 Å². The van der Waals surface area contributed by atoms with E-state index in [1.807, 2.05) is 0 Å². The van der Waals surface area contributed by atoms with Gasteiger partial charge in [0.05, 0.1) is 5.41 Å². The lowest BCUT2D eigenvalue weighted by molar-refractivity contribution is -0.154. The second-order valence-electron chi connectivity index (χ2n) is 4.26. The molecule has 0 fully saturated rings. The Morgan fingerprint density at radius 1 is 1.44 bits per heavy atom. The molecular formula is C12H16FNO2. The monoisotopic (exact) mass is 225 g/mol. The molecule has 16 heavy (non-hydrogen) atoms. The lowest BCUT2D eigenvalue weighted by Crippen LogP contribution is -2.34. The molecule has 1 aromatic carbocycles. The third-order valence-corrected chi connectivity index (χ3v) is 2.38. The molecule has 0 aliphatic rings. The van der Waals surface area contributed by atoms with Gasteiger partial charge in [0.15, 0.2) is 0 Å². The largest absolute Gasteiger partial charge is 0.460 e. The van der Waals surface area contributed by atoms with Crippen LogP contribution in [0.5, 0.6) is 0 Å². The first-order valence-corrected chi connectivity index (χ1v) is 5.08. The van der Waals surface area contributed by atoms with Gasteiger partial charge in [0.1, 0.15) is 12.4 Å². The predicted molar refractivity (Wildman–Crippen MR) is 59.0 cm³/mol. The summed E-state index contributed by atoms with van der Waals surface area (Å²) < 4.78 is 18.2. The van der Waals surface area contributed by atoms with Crippen molar-refractivity contribution in [2.45, 2.75) is 20.5 Å². The zero-order chi connectivity index (χ0) is 12.2. The van der Waals surface area contributed by atoms with E-state index < -0.39 is 11.4 Å². The van der Waals surface area contributed by atoms with Gasteiger partial charge >= 0.3 is 5.97 Å². The molecule has 0 saturated heterocycles. The third-order valence-electron chi connectivity index (χ3n) is 2.38. The van der Waals surface area contributed by atoms with Crippen molar-refractivity contribution >= 4 is 5.97 Å². The molecule has 3 nitrogen and oxygen atoms in total. The number of halogens is 1. The lowest BCUT2D eigenvalue weighted by Gasteiger charge is -2.20. The first-order valence-electron chi connectivity index (χ1n) is 5.08. The van der Waals surface area contributed by atoms with Crippen LogP contribution < -0.4 is 5.73 Å². The Kier molecular flexibility index (Phi) is 4.01.